The van der Waals surface area contributed by atoms with Crippen LogP contribution in [0, 0.1) is 0 Å². The van der Waals surface area contributed by atoms with E-state index in [1.54, 1.807) is 0 Å². The second-order valence-corrected chi connectivity index (χ2v) is 6.50. The Morgan fingerprint density at radius 2 is 1.92 bits per heavy atom. The summed E-state index contributed by atoms with van der Waals surface area (Å²) in [7, 11) is 0. The summed E-state index contributed by atoms with van der Waals surface area (Å²) < 4.78 is 38.5. The van der Waals surface area contributed by atoms with Gasteiger partial charge in [0.25, 0.3) is 5.91 Å². The lowest BCUT2D eigenvalue weighted by Gasteiger charge is -2.35. The molecule has 1 unspecified atom stereocenters. The quantitative estimate of drug-likeness (QED) is 0.830. The zero-order chi connectivity index (χ0) is 19.1. The van der Waals surface area contributed by atoms with Crippen LogP contribution in [0.3, 0.4) is 0 Å². The van der Waals surface area contributed by atoms with Crippen molar-refractivity contribution in [2.75, 3.05) is 6.54 Å². The number of amides is 4. The zero-order valence-electron chi connectivity index (χ0n) is 14.0. The Morgan fingerprint density at radius 3 is 2.54 bits per heavy atom. The molecule has 6 nitrogen and oxygen atoms in total. The van der Waals surface area contributed by atoms with Gasteiger partial charge in [0.05, 0.1) is 5.56 Å². The summed E-state index contributed by atoms with van der Waals surface area (Å²) in [4.78, 5) is 39.1. The molecule has 1 aromatic rings. The van der Waals surface area contributed by atoms with Crippen molar-refractivity contribution in [3.8, 4) is 0 Å². The summed E-state index contributed by atoms with van der Waals surface area (Å²) in [6.45, 7) is 1.90. The number of urea groups is 1. The molecular weight excluding hydrogens is 351 g/mol. The number of hydrogen-bond donors (Lipinski definition) is 1. The van der Waals surface area contributed by atoms with Gasteiger partial charge in [-0.2, -0.15) is 13.2 Å². The Morgan fingerprint density at radius 1 is 1.19 bits per heavy atom. The van der Waals surface area contributed by atoms with Crippen LogP contribution >= 0.6 is 0 Å². The fourth-order valence-corrected chi connectivity index (χ4v) is 3.30. The molecule has 2 heterocycles. The van der Waals surface area contributed by atoms with Crippen LogP contribution in [0.25, 0.3) is 0 Å². The van der Waals surface area contributed by atoms with E-state index in [-0.39, 0.29) is 6.54 Å². The Bertz CT molecular complexity index is 750. The third kappa shape index (κ3) is 3.38. The van der Waals surface area contributed by atoms with Crippen LogP contribution in [0.2, 0.25) is 0 Å². The smallest absolute Gasteiger partial charge is 0.337 e. The maximum Gasteiger partial charge on any atom is 0.416 e. The summed E-state index contributed by atoms with van der Waals surface area (Å²) >= 11 is 0. The van der Waals surface area contributed by atoms with Crippen molar-refractivity contribution in [3.05, 3.63) is 35.4 Å². The van der Waals surface area contributed by atoms with E-state index in [0.29, 0.717) is 24.9 Å². The lowest BCUT2D eigenvalue weighted by Crippen LogP contribution is -2.54. The number of hydrogen-bond acceptors (Lipinski definition) is 3. The number of halogens is 3. The molecule has 3 rings (SSSR count). The molecule has 1 aromatic carbocycles. The first-order valence-corrected chi connectivity index (χ1v) is 8.27. The predicted molar refractivity (Wildman–Crippen MR) is 84.7 cm³/mol. The van der Waals surface area contributed by atoms with Crippen molar-refractivity contribution in [2.45, 2.75) is 44.6 Å². The van der Waals surface area contributed by atoms with E-state index in [4.69, 9.17) is 0 Å². The topological polar surface area (TPSA) is 69.7 Å². The van der Waals surface area contributed by atoms with Crippen molar-refractivity contribution >= 4 is 17.8 Å². The number of likely N-dealkylation sites (tertiary alicyclic amines) is 1. The first-order chi connectivity index (χ1) is 12.2. The van der Waals surface area contributed by atoms with Crippen molar-refractivity contribution in [3.63, 3.8) is 0 Å². The van der Waals surface area contributed by atoms with E-state index in [9.17, 15) is 27.6 Å². The van der Waals surface area contributed by atoms with Gasteiger partial charge in [-0.25, -0.2) is 9.69 Å². The van der Waals surface area contributed by atoms with Gasteiger partial charge in [0.15, 0.2) is 0 Å². The summed E-state index contributed by atoms with van der Waals surface area (Å²) in [6.07, 6.45) is -3.55. The molecule has 0 radical (unpaired) electrons. The molecule has 0 saturated carbocycles. The average molecular weight is 369 g/mol. The molecule has 140 valence electrons. The van der Waals surface area contributed by atoms with E-state index in [2.05, 4.69) is 5.32 Å². The van der Waals surface area contributed by atoms with E-state index in [1.165, 1.54) is 24.0 Å². The highest BCUT2D eigenvalue weighted by Crippen LogP contribution is 2.30. The van der Waals surface area contributed by atoms with Gasteiger partial charge in [-0.3, -0.25) is 9.59 Å². The van der Waals surface area contributed by atoms with Crippen LogP contribution in [0.1, 0.15) is 30.9 Å². The summed E-state index contributed by atoms with van der Waals surface area (Å²) in [5, 5.41) is 2.46. The molecule has 0 spiro atoms. The SMILES string of the molecule is C[C@@H]1NC(=O)N(C2CCCN(Cc3cccc(C(F)(F)F)c3)C2=O)C1=O. The van der Waals surface area contributed by atoms with Crippen molar-refractivity contribution < 1.29 is 27.6 Å². The molecule has 26 heavy (non-hydrogen) atoms. The molecule has 2 aliphatic heterocycles. The molecule has 2 saturated heterocycles. The first kappa shape index (κ1) is 18.2. The number of piperidine rings is 1. The average Bonchev–Trinajstić information content (AvgIpc) is 2.82. The third-order valence-electron chi connectivity index (χ3n) is 4.61. The fourth-order valence-electron chi connectivity index (χ4n) is 3.30. The van der Waals surface area contributed by atoms with Crippen LogP contribution in [-0.2, 0) is 22.3 Å². The van der Waals surface area contributed by atoms with Crippen molar-refractivity contribution in [1.29, 1.82) is 0 Å². The van der Waals surface area contributed by atoms with Gasteiger partial charge in [0.2, 0.25) is 5.91 Å². The molecule has 2 fully saturated rings. The highest BCUT2D eigenvalue weighted by molar-refractivity contribution is 6.07. The molecule has 2 atom stereocenters. The van der Waals surface area contributed by atoms with Crippen LogP contribution in [0.4, 0.5) is 18.0 Å². The maximum absolute atomic E-state index is 12.8. The molecule has 1 N–H and O–H groups in total. The van der Waals surface area contributed by atoms with Gasteiger partial charge in [-0.05, 0) is 37.5 Å². The molecule has 0 aliphatic carbocycles. The minimum Gasteiger partial charge on any atom is -0.337 e. The van der Waals surface area contributed by atoms with Gasteiger partial charge in [-0.15, -0.1) is 0 Å². The van der Waals surface area contributed by atoms with Gasteiger partial charge in [-0.1, -0.05) is 12.1 Å². The van der Waals surface area contributed by atoms with Crippen LogP contribution in [0.5, 0.6) is 0 Å². The third-order valence-corrected chi connectivity index (χ3v) is 4.61. The number of nitrogens with zero attached hydrogens (tertiary/aromatic N) is 2. The summed E-state index contributed by atoms with van der Waals surface area (Å²) in [5.41, 5.74) is -0.432. The number of carbonyl (C=O) groups is 3. The number of benzene rings is 1. The number of carbonyl (C=O) groups excluding carboxylic acids is 3. The van der Waals surface area contributed by atoms with Gasteiger partial charge in [0.1, 0.15) is 12.1 Å². The number of imide groups is 1. The monoisotopic (exact) mass is 369 g/mol. The largest absolute Gasteiger partial charge is 0.416 e. The highest BCUT2D eigenvalue weighted by atomic mass is 19.4. The summed E-state index contributed by atoms with van der Waals surface area (Å²) in [5.74, 6) is -0.888. The zero-order valence-corrected chi connectivity index (χ0v) is 14.0. The lowest BCUT2D eigenvalue weighted by molar-refractivity contribution is -0.145. The Kier molecular flexibility index (Phi) is 4.64. The molecule has 0 aromatic heterocycles. The van der Waals surface area contributed by atoms with E-state index in [1.807, 2.05) is 0 Å². The first-order valence-electron chi connectivity index (χ1n) is 8.27. The van der Waals surface area contributed by atoms with Gasteiger partial charge < -0.3 is 10.2 Å². The maximum atomic E-state index is 12.8. The number of nitrogens with one attached hydrogen (secondary N) is 1. The number of rotatable bonds is 3. The minimum atomic E-state index is -4.46. The van der Waals surface area contributed by atoms with Crippen LogP contribution < -0.4 is 5.32 Å². The van der Waals surface area contributed by atoms with Gasteiger partial charge >= 0.3 is 12.2 Å². The van der Waals surface area contributed by atoms with Crippen LogP contribution in [0.15, 0.2) is 24.3 Å². The molecule has 4 amide bonds. The fraction of sp³-hybridized carbons (Fsp3) is 0.471. The second-order valence-electron chi connectivity index (χ2n) is 6.50. The van der Waals surface area contributed by atoms with Crippen LogP contribution in [-0.4, -0.2) is 46.3 Å². The predicted octanol–water partition coefficient (Wildman–Crippen LogP) is 2.14. The standard InChI is InChI=1S/C17H18F3N3O3/c1-10-14(24)23(16(26)21-10)13-6-3-7-22(15(13)25)9-11-4-2-5-12(8-11)17(18,19)20/h2,4-5,8,10,13H,3,6-7,9H2,1H3,(H,21,26)/t10-,13?/m0/s1. The van der Waals surface area contributed by atoms with E-state index < -0.39 is 41.7 Å². The Labute approximate surface area is 147 Å². The molecule has 0 bridgehead atoms. The Balaban J connectivity index is 1.77. The number of alkyl halides is 3. The molecular formula is C17H18F3N3O3. The molecule has 2 aliphatic rings. The molecule has 9 heteroatoms. The van der Waals surface area contributed by atoms with E-state index >= 15 is 0 Å². The van der Waals surface area contributed by atoms with Crippen molar-refractivity contribution in [2.24, 2.45) is 0 Å². The van der Waals surface area contributed by atoms with E-state index in [0.717, 1.165) is 17.0 Å². The summed E-state index contributed by atoms with van der Waals surface area (Å²) in [6, 6.07) is 2.58. The van der Waals surface area contributed by atoms with Crippen molar-refractivity contribution in [1.82, 2.24) is 15.1 Å². The lowest BCUT2D eigenvalue weighted by atomic mass is 10.0. The highest BCUT2D eigenvalue weighted by Gasteiger charge is 2.45. The second kappa shape index (κ2) is 6.62. The Hall–Kier alpha value is -2.58. The normalized spacial score (nSPS) is 24.2. The minimum absolute atomic E-state index is 0.00153. The van der Waals surface area contributed by atoms with Gasteiger partial charge in [0, 0.05) is 13.1 Å².